The fraction of sp³-hybridized carbons (Fsp3) is 0.333. The van der Waals surface area contributed by atoms with Gasteiger partial charge in [-0.3, -0.25) is 0 Å². The van der Waals surface area contributed by atoms with E-state index < -0.39 is 0 Å². The summed E-state index contributed by atoms with van der Waals surface area (Å²) in [6, 6.07) is 13.4. The molecule has 0 aliphatic carbocycles. The van der Waals surface area contributed by atoms with E-state index >= 15 is 0 Å². The average Bonchev–Trinajstić information content (AvgIpc) is 2.56. The van der Waals surface area contributed by atoms with Crippen molar-refractivity contribution in [3.63, 3.8) is 0 Å². The van der Waals surface area contributed by atoms with E-state index in [1.807, 2.05) is 37.3 Å². The lowest BCUT2D eigenvalue weighted by molar-refractivity contribution is 0.238. The molecule has 0 bridgehead atoms. The summed E-state index contributed by atoms with van der Waals surface area (Å²) in [6.45, 7) is 3.32. The minimum Gasteiger partial charge on any atom is -0.489 e. The van der Waals surface area contributed by atoms with E-state index in [0.29, 0.717) is 16.7 Å². The zero-order valence-corrected chi connectivity index (χ0v) is 14.6. The van der Waals surface area contributed by atoms with E-state index in [4.69, 9.17) is 33.0 Å². The molecule has 0 aliphatic rings. The molecule has 3 nitrogen and oxygen atoms in total. The summed E-state index contributed by atoms with van der Waals surface area (Å²) in [6.07, 6.45) is 0.902. The molecule has 0 saturated heterocycles. The molecule has 0 aliphatic heterocycles. The third-order valence-corrected chi connectivity index (χ3v) is 4.23. The minimum atomic E-state index is 0.137. The van der Waals surface area contributed by atoms with Gasteiger partial charge in [-0.1, -0.05) is 48.3 Å². The maximum atomic E-state index is 9.16. The van der Waals surface area contributed by atoms with E-state index in [1.54, 1.807) is 12.1 Å². The van der Waals surface area contributed by atoms with Crippen LogP contribution in [0.4, 0.5) is 0 Å². The molecule has 5 heteroatoms. The molecule has 0 heterocycles. The second-order valence-corrected chi connectivity index (χ2v) is 6.18. The molecule has 0 unspecified atom stereocenters. The maximum absolute atomic E-state index is 9.16. The first-order valence-electron chi connectivity index (χ1n) is 7.62. The van der Waals surface area contributed by atoms with Crippen LogP contribution in [-0.2, 0) is 13.2 Å². The van der Waals surface area contributed by atoms with Crippen molar-refractivity contribution in [3.8, 4) is 5.75 Å². The summed E-state index contributed by atoms with van der Waals surface area (Å²) in [5, 5.41) is 13.7. The first kappa shape index (κ1) is 18.1. The Morgan fingerprint density at radius 1 is 1.13 bits per heavy atom. The first-order valence-corrected chi connectivity index (χ1v) is 8.38. The van der Waals surface area contributed by atoms with Crippen molar-refractivity contribution in [3.05, 3.63) is 63.6 Å². The van der Waals surface area contributed by atoms with Crippen LogP contribution in [0.5, 0.6) is 5.75 Å². The summed E-state index contributed by atoms with van der Waals surface area (Å²) >= 11 is 12.0. The molecule has 23 heavy (non-hydrogen) atoms. The van der Waals surface area contributed by atoms with Gasteiger partial charge in [0.05, 0.1) is 6.61 Å². The smallest absolute Gasteiger partial charge is 0.119 e. The standard InChI is InChI=1S/C18H21Cl2NO2/c1-2-16(11-22)21-10-13-3-7-17(8-4-13)23-12-14-5-6-15(19)9-18(14)20/h3-9,16,21-22H,2,10-12H2,1H3/t16-/m0/s1. The van der Waals surface area contributed by atoms with Gasteiger partial charge in [-0.25, -0.2) is 0 Å². The van der Waals surface area contributed by atoms with Crippen molar-refractivity contribution < 1.29 is 9.84 Å². The van der Waals surface area contributed by atoms with Gasteiger partial charge in [0.2, 0.25) is 0 Å². The molecular formula is C18H21Cl2NO2. The second-order valence-electron chi connectivity index (χ2n) is 5.34. The molecule has 1 atom stereocenters. The lowest BCUT2D eigenvalue weighted by atomic mass is 10.2. The van der Waals surface area contributed by atoms with Crippen molar-refractivity contribution in [1.29, 1.82) is 0 Å². The van der Waals surface area contributed by atoms with Crippen LogP contribution in [0, 0.1) is 0 Å². The van der Waals surface area contributed by atoms with E-state index in [0.717, 1.165) is 29.8 Å². The Labute approximate surface area is 147 Å². The number of benzene rings is 2. The monoisotopic (exact) mass is 353 g/mol. The lowest BCUT2D eigenvalue weighted by Crippen LogP contribution is -2.31. The molecule has 2 aromatic carbocycles. The summed E-state index contributed by atoms with van der Waals surface area (Å²) in [7, 11) is 0. The molecule has 0 aromatic heterocycles. The first-order chi connectivity index (χ1) is 11.1. The van der Waals surface area contributed by atoms with Gasteiger partial charge in [0.1, 0.15) is 12.4 Å². The lowest BCUT2D eigenvalue weighted by Gasteiger charge is -2.14. The van der Waals surface area contributed by atoms with Gasteiger partial charge in [0.25, 0.3) is 0 Å². The Morgan fingerprint density at radius 2 is 1.87 bits per heavy atom. The highest BCUT2D eigenvalue weighted by molar-refractivity contribution is 6.35. The SMILES string of the molecule is CC[C@@H](CO)NCc1ccc(OCc2ccc(Cl)cc2Cl)cc1. The maximum Gasteiger partial charge on any atom is 0.119 e. The van der Waals surface area contributed by atoms with Crippen LogP contribution >= 0.6 is 23.2 Å². The van der Waals surface area contributed by atoms with E-state index in [9.17, 15) is 0 Å². The number of halogens is 2. The van der Waals surface area contributed by atoms with Gasteiger partial charge >= 0.3 is 0 Å². The van der Waals surface area contributed by atoms with Gasteiger partial charge in [-0.05, 0) is 36.2 Å². The molecule has 0 fully saturated rings. The molecule has 0 radical (unpaired) electrons. The van der Waals surface area contributed by atoms with Crippen molar-refractivity contribution in [2.45, 2.75) is 32.5 Å². The number of nitrogens with one attached hydrogen (secondary N) is 1. The number of aliphatic hydroxyl groups is 1. The topological polar surface area (TPSA) is 41.5 Å². The van der Waals surface area contributed by atoms with Gasteiger partial charge in [-0.15, -0.1) is 0 Å². The average molecular weight is 354 g/mol. The van der Waals surface area contributed by atoms with Crippen LogP contribution in [0.1, 0.15) is 24.5 Å². The van der Waals surface area contributed by atoms with Gasteiger partial charge in [0.15, 0.2) is 0 Å². The Bertz CT molecular complexity index is 613. The summed E-state index contributed by atoms with van der Waals surface area (Å²) in [4.78, 5) is 0. The Morgan fingerprint density at radius 3 is 2.48 bits per heavy atom. The van der Waals surface area contributed by atoms with Crippen molar-refractivity contribution in [2.24, 2.45) is 0 Å². The van der Waals surface area contributed by atoms with E-state index in [-0.39, 0.29) is 12.6 Å². The number of aliphatic hydroxyl groups excluding tert-OH is 1. The van der Waals surface area contributed by atoms with Crippen LogP contribution in [0.15, 0.2) is 42.5 Å². The number of hydrogen-bond acceptors (Lipinski definition) is 3. The molecule has 124 valence electrons. The predicted molar refractivity (Wildman–Crippen MR) is 95.2 cm³/mol. The summed E-state index contributed by atoms with van der Waals surface area (Å²) < 4.78 is 5.75. The molecule has 2 N–H and O–H groups in total. The molecule has 0 amide bonds. The van der Waals surface area contributed by atoms with Crippen LogP contribution in [0.3, 0.4) is 0 Å². The Hall–Kier alpha value is -1.26. The minimum absolute atomic E-state index is 0.137. The second kappa shape index (κ2) is 9.14. The molecule has 2 aromatic rings. The third kappa shape index (κ3) is 5.70. The fourth-order valence-corrected chi connectivity index (χ4v) is 2.57. The Balaban J connectivity index is 1.87. The highest BCUT2D eigenvalue weighted by Gasteiger charge is 2.05. The van der Waals surface area contributed by atoms with E-state index in [2.05, 4.69) is 5.32 Å². The third-order valence-electron chi connectivity index (χ3n) is 3.64. The van der Waals surface area contributed by atoms with Crippen molar-refractivity contribution in [2.75, 3.05) is 6.61 Å². The highest BCUT2D eigenvalue weighted by atomic mass is 35.5. The zero-order valence-electron chi connectivity index (χ0n) is 13.1. The van der Waals surface area contributed by atoms with Gasteiger partial charge in [-0.2, -0.15) is 0 Å². The van der Waals surface area contributed by atoms with Crippen LogP contribution in [-0.4, -0.2) is 17.8 Å². The predicted octanol–water partition coefficient (Wildman–Crippen LogP) is 4.43. The quantitative estimate of drug-likeness (QED) is 0.737. The largest absolute Gasteiger partial charge is 0.489 e. The van der Waals surface area contributed by atoms with Crippen molar-refractivity contribution >= 4 is 23.2 Å². The Kier molecular flexibility index (Phi) is 7.18. The number of hydrogen-bond donors (Lipinski definition) is 2. The molecular weight excluding hydrogens is 333 g/mol. The normalized spacial score (nSPS) is 12.2. The number of ether oxygens (including phenoxy) is 1. The molecule has 0 saturated carbocycles. The zero-order chi connectivity index (χ0) is 16.7. The van der Waals surface area contributed by atoms with Crippen LogP contribution in [0.25, 0.3) is 0 Å². The highest BCUT2D eigenvalue weighted by Crippen LogP contribution is 2.22. The molecule has 2 rings (SSSR count). The molecule has 0 spiro atoms. The van der Waals surface area contributed by atoms with Gasteiger partial charge in [0, 0.05) is 28.2 Å². The van der Waals surface area contributed by atoms with Crippen molar-refractivity contribution in [1.82, 2.24) is 5.32 Å². The van der Waals surface area contributed by atoms with Gasteiger partial charge < -0.3 is 15.2 Å². The summed E-state index contributed by atoms with van der Waals surface area (Å²) in [5.74, 6) is 0.786. The summed E-state index contributed by atoms with van der Waals surface area (Å²) in [5.41, 5.74) is 2.05. The van der Waals surface area contributed by atoms with Crippen LogP contribution < -0.4 is 10.1 Å². The fourth-order valence-electron chi connectivity index (χ4n) is 2.10. The number of rotatable bonds is 8. The van der Waals surface area contributed by atoms with E-state index in [1.165, 1.54) is 0 Å². The van der Waals surface area contributed by atoms with Crippen LogP contribution in [0.2, 0.25) is 10.0 Å².